The number of aryl methyl sites for hydroxylation is 3. The lowest BCUT2D eigenvalue weighted by Gasteiger charge is -2.11. The monoisotopic (exact) mass is 276 g/mol. The summed E-state index contributed by atoms with van der Waals surface area (Å²) in [7, 11) is -3.79. The third-order valence-corrected chi connectivity index (χ3v) is 4.28. The minimum atomic E-state index is -3.79. The molecule has 0 spiro atoms. The van der Waals surface area contributed by atoms with Gasteiger partial charge in [0, 0.05) is 0 Å². The van der Waals surface area contributed by atoms with Crippen LogP contribution >= 0.6 is 0 Å². The number of hydrogen-bond donors (Lipinski definition) is 0. The van der Waals surface area contributed by atoms with Crippen LogP contribution in [0.15, 0.2) is 47.4 Å². The first-order chi connectivity index (χ1) is 8.90. The minimum Gasteiger partial charge on any atom is -0.379 e. The van der Waals surface area contributed by atoms with Crippen molar-refractivity contribution in [3.63, 3.8) is 0 Å². The molecule has 4 heteroatoms. The van der Waals surface area contributed by atoms with Gasteiger partial charge in [0.25, 0.3) is 0 Å². The molecule has 0 radical (unpaired) electrons. The molecule has 3 nitrogen and oxygen atoms in total. The lowest BCUT2D eigenvalue weighted by Crippen LogP contribution is -2.12. The number of benzene rings is 2. The fraction of sp³-hybridized carbons (Fsp3) is 0.200. The SMILES string of the molecule is Cc1ccc(C)c(S(=O)(=O)Oc2ccccc2C)c1. The van der Waals surface area contributed by atoms with Gasteiger partial charge in [-0.1, -0.05) is 30.3 Å². The molecule has 0 N–H and O–H groups in total. The Morgan fingerprint density at radius 3 is 2.26 bits per heavy atom. The van der Waals surface area contributed by atoms with Crippen molar-refractivity contribution in [2.45, 2.75) is 25.7 Å². The zero-order valence-electron chi connectivity index (χ0n) is 11.2. The van der Waals surface area contributed by atoms with Crippen LogP contribution in [0.3, 0.4) is 0 Å². The lowest BCUT2D eigenvalue weighted by molar-refractivity contribution is 0.483. The van der Waals surface area contributed by atoms with E-state index in [1.807, 2.05) is 32.0 Å². The Hall–Kier alpha value is -1.81. The highest BCUT2D eigenvalue weighted by molar-refractivity contribution is 7.87. The molecule has 0 fully saturated rings. The highest BCUT2D eigenvalue weighted by atomic mass is 32.2. The van der Waals surface area contributed by atoms with Crippen molar-refractivity contribution in [2.75, 3.05) is 0 Å². The molecule has 2 aromatic rings. The van der Waals surface area contributed by atoms with Crippen molar-refractivity contribution in [1.29, 1.82) is 0 Å². The van der Waals surface area contributed by atoms with Gasteiger partial charge in [-0.25, -0.2) is 0 Å². The maximum atomic E-state index is 12.3. The molecular weight excluding hydrogens is 260 g/mol. The normalized spacial score (nSPS) is 11.3. The van der Waals surface area contributed by atoms with Crippen LogP contribution in [0, 0.1) is 20.8 Å². The molecular formula is C15H16O3S. The second-order valence-electron chi connectivity index (χ2n) is 4.57. The molecule has 0 bridgehead atoms. The molecule has 2 rings (SSSR count). The molecule has 0 heterocycles. The Labute approximate surface area is 114 Å². The molecule has 0 saturated heterocycles. The quantitative estimate of drug-likeness (QED) is 0.807. The summed E-state index contributed by atoms with van der Waals surface area (Å²) < 4.78 is 29.8. The van der Waals surface area contributed by atoms with Crippen LogP contribution in [0.5, 0.6) is 5.75 Å². The van der Waals surface area contributed by atoms with Crippen LogP contribution in [-0.2, 0) is 10.1 Å². The predicted molar refractivity (Wildman–Crippen MR) is 74.9 cm³/mol. The van der Waals surface area contributed by atoms with E-state index in [4.69, 9.17) is 4.18 Å². The first-order valence-electron chi connectivity index (χ1n) is 5.97. The molecule has 2 aromatic carbocycles. The standard InChI is InChI=1S/C15H16O3S/c1-11-8-9-13(3)15(10-11)19(16,17)18-14-7-5-4-6-12(14)2/h4-10H,1-3H3. The van der Waals surface area contributed by atoms with Crippen molar-refractivity contribution < 1.29 is 12.6 Å². The summed E-state index contributed by atoms with van der Waals surface area (Å²) in [4.78, 5) is 0.218. The molecule has 0 aliphatic rings. The van der Waals surface area contributed by atoms with Crippen LogP contribution in [0.1, 0.15) is 16.7 Å². The van der Waals surface area contributed by atoms with Crippen LogP contribution in [-0.4, -0.2) is 8.42 Å². The molecule has 0 atom stereocenters. The average Bonchev–Trinajstić information content (AvgIpc) is 2.35. The summed E-state index contributed by atoms with van der Waals surface area (Å²) in [6.45, 7) is 5.42. The first-order valence-corrected chi connectivity index (χ1v) is 7.38. The third-order valence-electron chi connectivity index (χ3n) is 2.91. The summed E-state index contributed by atoms with van der Waals surface area (Å²) in [6, 6.07) is 12.3. The highest BCUT2D eigenvalue weighted by Gasteiger charge is 2.20. The summed E-state index contributed by atoms with van der Waals surface area (Å²) in [5, 5.41) is 0. The van der Waals surface area contributed by atoms with Crippen molar-refractivity contribution in [2.24, 2.45) is 0 Å². The van der Waals surface area contributed by atoms with Gasteiger partial charge in [0.05, 0.1) is 0 Å². The van der Waals surface area contributed by atoms with Gasteiger partial charge < -0.3 is 4.18 Å². The van der Waals surface area contributed by atoms with E-state index in [1.54, 1.807) is 31.2 Å². The number of rotatable bonds is 3. The van der Waals surface area contributed by atoms with Gasteiger partial charge in [0.15, 0.2) is 0 Å². The van der Waals surface area contributed by atoms with E-state index in [9.17, 15) is 8.42 Å². The van der Waals surface area contributed by atoms with E-state index in [1.165, 1.54) is 0 Å². The molecule has 0 amide bonds. The van der Waals surface area contributed by atoms with E-state index in [0.29, 0.717) is 11.3 Å². The van der Waals surface area contributed by atoms with Crippen LogP contribution in [0.2, 0.25) is 0 Å². The maximum absolute atomic E-state index is 12.3. The number of para-hydroxylation sites is 1. The Morgan fingerprint density at radius 1 is 0.895 bits per heavy atom. The van der Waals surface area contributed by atoms with E-state index in [-0.39, 0.29) is 4.90 Å². The Balaban J connectivity index is 2.44. The van der Waals surface area contributed by atoms with Gasteiger partial charge in [-0.2, -0.15) is 8.42 Å². The van der Waals surface area contributed by atoms with Gasteiger partial charge in [-0.15, -0.1) is 0 Å². The second kappa shape index (κ2) is 5.05. The summed E-state index contributed by atoms with van der Waals surface area (Å²) in [6.07, 6.45) is 0. The van der Waals surface area contributed by atoms with E-state index >= 15 is 0 Å². The van der Waals surface area contributed by atoms with Crippen molar-refractivity contribution >= 4 is 10.1 Å². The third kappa shape index (κ3) is 2.96. The summed E-state index contributed by atoms with van der Waals surface area (Å²) >= 11 is 0. The predicted octanol–water partition coefficient (Wildman–Crippen LogP) is 3.38. The molecule has 0 unspecified atom stereocenters. The Bertz CT molecular complexity index is 703. The molecule has 0 aromatic heterocycles. The largest absolute Gasteiger partial charge is 0.379 e. The highest BCUT2D eigenvalue weighted by Crippen LogP contribution is 2.24. The molecule has 0 aliphatic carbocycles. The Morgan fingerprint density at radius 2 is 1.58 bits per heavy atom. The zero-order valence-corrected chi connectivity index (χ0v) is 12.0. The van der Waals surface area contributed by atoms with Crippen molar-refractivity contribution in [3.8, 4) is 5.75 Å². The van der Waals surface area contributed by atoms with Crippen LogP contribution in [0.25, 0.3) is 0 Å². The smallest absolute Gasteiger partial charge is 0.339 e. The van der Waals surface area contributed by atoms with E-state index in [0.717, 1.165) is 11.1 Å². The van der Waals surface area contributed by atoms with E-state index in [2.05, 4.69) is 0 Å². The molecule has 19 heavy (non-hydrogen) atoms. The fourth-order valence-electron chi connectivity index (χ4n) is 1.79. The van der Waals surface area contributed by atoms with Crippen molar-refractivity contribution in [3.05, 3.63) is 59.2 Å². The summed E-state index contributed by atoms with van der Waals surface area (Å²) in [5.74, 6) is 0.364. The molecule has 100 valence electrons. The van der Waals surface area contributed by atoms with Gasteiger partial charge in [0.1, 0.15) is 10.6 Å². The minimum absolute atomic E-state index is 0.218. The topological polar surface area (TPSA) is 43.4 Å². The van der Waals surface area contributed by atoms with Gasteiger partial charge in [0.2, 0.25) is 0 Å². The second-order valence-corrected chi connectivity index (χ2v) is 6.09. The average molecular weight is 276 g/mol. The maximum Gasteiger partial charge on any atom is 0.339 e. The number of hydrogen-bond acceptors (Lipinski definition) is 3. The van der Waals surface area contributed by atoms with Crippen molar-refractivity contribution in [1.82, 2.24) is 0 Å². The van der Waals surface area contributed by atoms with E-state index < -0.39 is 10.1 Å². The first kappa shape index (κ1) is 13.6. The van der Waals surface area contributed by atoms with Crippen LogP contribution in [0.4, 0.5) is 0 Å². The van der Waals surface area contributed by atoms with Gasteiger partial charge in [-0.3, -0.25) is 0 Å². The Kier molecular flexibility index (Phi) is 3.62. The van der Waals surface area contributed by atoms with Crippen LogP contribution < -0.4 is 4.18 Å². The summed E-state index contributed by atoms with van der Waals surface area (Å²) in [5.41, 5.74) is 2.35. The fourth-order valence-corrected chi connectivity index (χ4v) is 3.10. The molecule has 0 saturated carbocycles. The zero-order chi connectivity index (χ0) is 14.0. The van der Waals surface area contributed by atoms with Gasteiger partial charge in [-0.05, 0) is 49.6 Å². The van der Waals surface area contributed by atoms with Gasteiger partial charge >= 0.3 is 10.1 Å². The lowest BCUT2D eigenvalue weighted by atomic mass is 10.2. The molecule has 0 aliphatic heterocycles.